The number of halogens is 1. The number of aryl methyl sites for hydroxylation is 1. The number of aromatic nitrogens is 3. The van der Waals surface area contributed by atoms with Gasteiger partial charge in [0, 0.05) is 41.1 Å². The first kappa shape index (κ1) is 14.2. The molecule has 0 radical (unpaired) electrons. The van der Waals surface area contributed by atoms with Crippen LogP contribution < -0.4 is 5.32 Å². The summed E-state index contributed by atoms with van der Waals surface area (Å²) in [4.78, 5) is 4.42. The quantitative estimate of drug-likeness (QED) is 0.785. The number of nitrogens with one attached hydrogen (secondary N) is 1. The SMILES string of the molecule is Cc1cc2ncc(CNC(C)c3ccccc3Br)cn2n1. The fourth-order valence-electron chi connectivity index (χ4n) is 2.33. The van der Waals surface area contributed by atoms with Gasteiger partial charge in [-0.05, 0) is 25.5 Å². The van der Waals surface area contributed by atoms with Crippen molar-refractivity contribution in [1.29, 1.82) is 0 Å². The molecule has 0 amide bonds. The van der Waals surface area contributed by atoms with Gasteiger partial charge in [0.25, 0.3) is 0 Å². The Morgan fingerprint density at radius 1 is 1.33 bits per heavy atom. The molecule has 0 saturated heterocycles. The van der Waals surface area contributed by atoms with Crippen molar-refractivity contribution in [3.8, 4) is 0 Å². The van der Waals surface area contributed by atoms with Crippen LogP contribution in [0, 0.1) is 6.92 Å². The van der Waals surface area contributed by atoms with E-state index in [0.29, 0.717) is 0 Å². The Morgan fingerprint density at radius 3 is 2.95 bits per heavy atom. The molecular weight excluding hydrogens is 328 g/mol. The van der Waals surface area contributed by atoms with E-state index < -0.39 is 0 Å². The molecule has 0 bridgehead atoms. The number of hydrogen-bond acceptors (Lipinski definition) is 3. The van der Waals surface area contributed by atoms with Gasteiger partial charge in [0.05, 0.1) is 5.69 Å². The van der Waals surface area contributed by atoms with Crippen molar-refractivity contribution < 1.29 is 0 Å². The topological polar surface area (TPSA) is 42.2 Å². The van der Waals surface area contributed by atoms with Gasteiger partial charge in [0.1, 0.15) is 0 Å². The number of hydrogen-bond donors (Lipinski definition) is 1. The van der Waals surface area contributed by atoms with Gasteiger partial charge < -0.3 is 5.32 Å². The first-order valence-corrected chi connectivity index (χ1v) is 7.71. The van der Waals surface area contributed by atoms with Crippen molar-refractivity contribution in [2.45, 2.75) is 26.4 Å². The molecule has 1 N–H and O–H groups in total. The molecule has 0 aliphatic heterocycles. The van der Waals surface area contributed by atoms with Crippen LogP contribution in [0.25, 0.3) is 5.65 Å². The Hall–Kier alpha value is -1.72. The predicted molar refractivity (Wildman–Crippen MR) is 87.1 cm³/mol. The number of benzene rings is 1. The molecule has 0 fully saturated rings. The molecular formula is C16H17BrN4. The second kappa shape index (κ2) is 5.95. The highest BCUT2D eigenvalue weighted by atomic mass is 79.9. The first-order valence-electron chi connectivity index (χ1n) is 6.92. The highest BCUT2D eigenvalue weighted by molar-refractivity contribution is 9.10. The number of fused-ring (bicyclic) bond motifs is 1. The third-order valence-corrected chi connectivity index (χ3v) is 4.20. The molecule has 1 atom stereocenters. The maximum absolute atomic E-state index is 4.42. The van der Waals surface area contributed by atoms with Crippen molar-refractivity contribution in [3.05, 3.63) is 64.0 Å². The van der Waals surface area contributed by atoms with Crippen LogP contribution >= 0.6 is 15.9 Å². The lowest BCUT2D eigenvalue weighted by molar-refractivity contribution is 0.570. The number of nitrogens with zero attached hydrogens (tertiary/aromatic N) is 3. The van der Waals surface area contributed by atoms with Crippen molar-refractivity contribution >= 4 is 21.6 Å². The van der Waals surface area contributed by atoms with Gasteiger partial charge in [-0.2, -0.15) is 5.10 Å². The molecule has 3 rings (SSSR count). The Labute approximate surface area is 132 Å². The molecule has 1 unspecified atom stereocenters. The largest absolute Gasteiger partial charge is 0.306 e. The summed E-state index contributed by atoms with van der Waals surface area (Å²) in [6.45, 7) is 4.88. The van der Waals surface area contributed by atoms with E-state index in [1.165, 1.54) is 5.56 Å². The third-order valence-electron chi connectivity index (χ3n) is 3.47. The van der Waals surface area contributed by atoms with Gasteiger partial charge in [-0.1, -0.05) is 34.1 Å². The van der Waals surface area contributed by atoms with Crippen molar-refractivity contribution in [3.63, 3.8) is 0 Å². The second-order valence-electron chi connectivity index (χ2n) is 5.17. The Kier molecular flexibility index (Phi) is 4.03. The van der Waals surface area contributed by atoms with Crippen LogP contribution in [0.5, 0.6) is 0 Å². The zero-order valence-electron chi connectivity index (χ0n) is 12.0. The normalized spacial score (nSPS) is 12.7. The molecule has 2 aromatic heterocycles. The van der Waals surface area contributed by atoms with Gasteiger partial charge in [0.2, 0.25) is 0 Å². The maximum Gasteiger partial charge on any atom is 0.155 e. The van der Waals surface area contributed by atoms with Crippen LogP contribution in [0.3, 0.4) is 0 Å². The standard InChI is InChI=1S/C16H17BrN4/c1-11-7-16-19-9-13(10-21(16)20-11)8-18-12(2)14-5-3-4-6-15(14)17/h3-7,9-10,12,18H,8H2,1-2H3. The summed E-state index contributed by atoms with van der Waals surface area (Å²) in [6.07, 6.45) is 3.92. The zero-order valence-corrected chi connectivity index (χ0v) is 13.6. The van der Waals surface area contributed by atoms with Gasteiger partial charge in [-0.25, -0.2) is 9.50 Å². The van der Waals surface area contributed by atoms with Crippen LogP contribution in [-0.4, -0.2) is 14.6 Å². The van der Waals surface area contributed by atoms with Gasteiger partial charge in [-0.15, -0.1) is 0 Å². The minimum absolute atomic E-state index is 0.260. The lowest BCUT2D eigenvalue weighted by Crippen LogP contribution is -2.18. The lowest BCUT2D eigenvalue weighted by Gasteiger charge is -2.15. The Bertz CT molecular complexity index is 766. The zero-order chi connectivity index (χ0) is 14.8. The monoisotopic (exact) mass is 344 g/mol. The lowest BCUT2D eigenvalue weighted by atomic mass is 10.1. The first-order chi connectivity index (χ1) is 10.1. The smallest absolute Gasteiger partial charge is 0.155 e. The molecule has 3 aromatic rings. The molecule has 4 nitrogen and oxygen atoms in total. The van der Waals surface area contributed by atoms with Gasteiger partial charge >= 0.3 is 0 Å². The molecule has 2 heterocycles. The molecule has 5 heteroatoms. The molecule has 108 valence electrons. The van der Waals surface area contributed by atoms with E-state index in [9.17, 15) is 0 Å². The summed E-state index contributed by atoms with van der Waals surface area (Å²) < 4.78 is 2.96. The average Bonchev–Trinajstić information content (AvgIpc) is 2.84. The van der Waals surface area contributed by atoms with Crippen LogP contribution in [0.15, 0.2) is 47.2 Å². The Morgan fingerprint density at radius 2 is 2.14 bits per heavy atom. The van der Waals surface area contributed by atoms with Gasteiger partial charge in [0.15, 0.2) is 5.65 Å². The molecule has 1 aromatic carbocycles. The van der Waals surface area contributed by atoms with E-state index in [-0.39, 0.29) is 6.04 Å². The molecule has 21 heavy (non-hydrogen) atoms. The van der Waals surface area contributed by atoms with E-state index in [2.05, 4.69) is 56.5 Å². The third kappa shape index (κ3) is 3.14. The van der Waals surface area contributed by atoms with E-state index in [4.69, 9.17) is 0 Å². The maximum atomic E-state index is 4.42. The summed E-state index contributed by atoms with van der Waals surface area (Å²) >= 11 is 3.59. The molecule has 0 aliphatic rings. The summed E-state index contributed by atoms with van der Waals surface area (Å²) in [7, 11) is 0. The molecule has 0 aliphatic carbocycles. The molecule has 0 spiro atoms. The predicted octanol–water partition coefficient (Wildman–Crippen LogP) is 3.65. The summed E-state index contributed by atoms with van der Waals surface area (Å²) in [5, 5.41) is 7.91. The van der Waals surface area contributed by atoms with Crippen LogP contribution in [-0.2, 0) is 6.54 Å². The Balaban J connectivity index is 1.72. The summed E-state index contributed by atoms with van der Waals surface area (Å²) in [6, 6.07) is 10.5. The van der Waals surface area contributed by atoms with Crippen molar-refractivity contribution in [2.24, 2.45) is 0 Å². The molecule has 0 saturated carbocycles. The minimum atomic E-state index is 0.260. The van der Waals surface area contributed by atoms with E-state index in [1.807, 2.05) is 36.0 Å². The van der Waals surface area contributed by atoms with Crippen molar-refractivity contribution in [1.82, 2.24) is 19.9 Å². The fourth-order valence-corrected chi connectivity index (χ4v) is 2.96. The van der Waals surface area contributed by atoms with Crippen LogP contribution in [0.2, 0.25) is 0 Å². The van der Waals surface area contributed by atoms with Crippen LogP contribution in [0.1, 0.15) is 29.8 Å². The minimum Gasteiger partial charge on any atom is -0.306 e. The van der Waals surface area contributed by atoms with Crippen molar-refractivity contribution in [2.75, 3.05) is 0 Å². The average molecular weight is 345 g/mol. The van der Waals surface area contributed by atoms with E-state index >= 15 is 0 Å². The van der Waals surface area contributed by atoms with E-state index in [1.54, 1.807) is 0 Å². The number of rotatable bonds is 4. The highest BCUT2D eigenvalue weighted by Gasteiger charge is 2.08. The summed E-state index contributed by atoms with van der Waals surface area (Å²) in [5.41, 5.74) is 4.23. The van der Waals surface area contributed by atoms with Gasteiger partial charge in [-0.3, -0.25) is 0 Å². The summed E-state index contributed by atoms with van der Waals surface area (Å²) in [5.74, 6) is 0. The second-order valence-corrected chi connectivity index (χ2v) is 6.03. The fraction of sp³-hybridized carbons (Fsp3) is 0.250. The highest BCUT2D eigenvalue weighted by Crippen LogP contribution is 2.22. The van der Waals surface area contributed by atoms with Crippen LogP contribution in [0.4, 0.5) is 0 Å². The van der Waals surface area contributed by atoms with E-state index in [0.717, 1.165) is 27.9 Å².